The highest BCUT2D eigenvalue weighted by Gasteiger charge is 2.45. The molecule has 1 heterocycles. The van der Waals surface area contributed by atoms with Crippen LogP contribution in [0.2, 0.25) is 0 Å². The number of methoxy groups -OCH3 is 3. The summed E-state index contributed by atoms with van der Waals surface area (Å²) >= 11 is 0. The molecule has 1 aliphatic heterocycles. The van der Waals surface area contributed by atoms with E-state index in [1.807, 2.05) is 6.07 Å². The summed E-state index contributed by atoms with van der Waals surface area (Å²) in [6.07, 6.45) is 5.34. The van der Waals surface area contributed by atoms with Gasteiger partial charge in [-0.25, -0.2) is 0 Å². The van der Waals surface area contributed by atoms with Gasteiger partial charge in [0.1, 0.15) is 11.8 Å². The lowest BCUT2D eigenvalue weighted by Gasteiger charge is -2.33. The van der Waals surface area contributed by atoms with Crippen molar-refractivity contribution in [1.29, 1.82) is 0 Å². The topological polar surface area (TPSA) is 68.2 Å². The van der Waals surface area contributed by atoms with Gasteiger partial charge < -0.3 is 19.3 Å². The first kappa shape index (κ1) is 17.9. The van der Waals surface area contributed by atoms with Crippen molar-refractivity contribution in [3.63, 3.8) is 0 Å². The van der Waals surface area contributed by atoms with Crippen LogP contribution in [0.5, 0.6) is 17.2 Å². The van der Waals surface area contributed by atoms with Crippen molar-refractivity contribution in [2.24, 2.45) is 5.92 Å². The van der Waals surface area contributed by atoms with Gasteiger partial charge in [-0.1, -0.05) is 12.8 Å². The number of rotatable bonds is 6. The largest absolute Gasteiger partial charge is 0.496 e. The minimum Gasteiger partial charge on any atom is -0.496 e. The highest BCUT2D eigenvalue weighted by molar-refractivity contribution is 5.74. The van der Waals surface area contributed by atoms with E-state index in [0.29, 0.717) is 35.8 Å². The van der Waals surface area contributed by atoms with Gasteiger partial charge in [-0.3, -0.25) is 9.69 Å². The molecule has 1 aliphatic carbocycles. The third kappa shape index (κ3) is 3.40. The zero-order chi connectivity index (χ0) is 18.0. The maximum Gasteiger partial charge on any atom is 0.320 e. The zero-order valence-corrected chi connectivity index (χ0v) is 15.2. The molecule has 1 saturated heterocycles. The Hall–Kier alpha value is -1.95. The van der Waals surface area contributed by atoms with Crippen molar-refractivity contribution in [2.75, 3.05) is 21.3 Å². The lowest BCUT2D eigenvalue weighted by molar-refractivity contribution is -0.142. The van der Waals surface area contributed by atoms with E-state index in [1.165, 1.54) is 12.8 Å². The quantitative estimate of drug-likeness (QED) is 0.852. The van der Waals surface area contributed by atoms with Crippen LogP contribution in [0.3, 0.4) is 0 Å². The fraction of sp³-hybridized carbons (Fsp3) is 0.632. The zero-order valence-electron chi connectivity index (χ0n) is 15.2. The number of hydrogen-bond acceptors (Lipinski definition) is 5. The molecular weight excluding hydrogens is 322 g/mol. The predicted octanol–water partition coefficient (Wildman–Crippen LogP) is 2.93. The Morgan fingerprint density at radius 3 is 2.36 bits per heavy atom. The van der Waals surface area contributed by atoms with Crippen molar-refractivity contribution in [2.45, 2.75) is 50.7 Å². The van der Waals surface area contributed by atoms with Crippen molar-refractivity contribution >= 4 is 5.97 Å². The number of aliphatic carboxylic acids is 1. The van der Waals surface area contributed by atoms with Crippen LogP contribution in [0.25, 0.3) is 0 Å². The van der Waals surface area contributed by atoms with Crippen molar-refractivity contribution in [3.05, 3.63) is 17.7 Å². The molecule has 3 atom stereocenters. The molecule has 0 bridgehead atoms. The molecule has 138 valence electrons. The minimum absolute atomic E-state index is 0.340. The highest BCUT2D eigenvalue weighted by atomic mass is 16.5. The van der Waals surface area contributed by atoms with Crippen molar-refractivity contribution in [1.82, 2.24) is 4.90 Å². The Morgan fingerprint density at radius 2 is 1.72 bits per heavy atom. The maximum atomic E-state index is 11.8. The second kappa shape index (κ2) is 7.52. The number of ether oxygens (including phenoxy) is 3. The summed E-state index contributed by atoms with van der Waals surface area (Å²) in [5.41, 5.74) is 0.928. The number of nitrogens with zero attached hydrogens (tertiary/aromatic N) is 1. The van der Waals surface area contributed by atoms with Crippen molar-refractivity contribution < 1.29 is 24.1 Å². The molecule has 6 nitrogen and oxygen atoms in total. The molecule has 0 spiro atoms. The van der Waals surface area contributed by atoms with Gasteiger partial charge in [0.25, 0.3) is 0 Å². The number of likely N-dealkylation sites (tertiary alicyclic amines) is 1. The number of carbonyl (C=O) groups is 1. The molecule has 1 aromatic rings. The average Bonchev–Trinajstić information content (AvgIpc) is 3.00. The molecule has 3 rings (SSSR count). The van der Waals surface area contributed by atoms with Gasteiger partial charge in [0, 0.05) is 24.2 Å². The van der Waals surface area contributed by atoms with E-state index in [2.05, 4.69) is 4.90 Å². The second-order valence-corrected chi connectivity index (χ2v) is 6.89. The van der Waals surface area contributed by atoms with Gasteiger partial charge in [-0.15, -0.1) is 0 Å². The molecule has 1 aromatic carbocycles. The van der Waals surface area contributed by atoms with E-state index in [4.69, 9.17) is 14.2 Å². The Bertz CT molecular complexity index is 632. The van der Waals surface area contributed by atoms with Gasteiger partial charge >= 0.3 is 5.97 Å². The van der Waals surface area contributed by atoms with Crippen LogP contribution in [0, 0.1) is 5.92 Å². The number of fused-ring (bicyclic) bond motifs is 1. The fourth-order valence-corrected chi connectivity index (χ4v) is 4.44. The van der Waals surface area contributed by atoms with Gasteiger partial charge in [-0.2, -0.15) is 0 Å². The summed E-state index contributed by atoms with van der Waals surface area (Å²) < 4.78 is 16.3. The number of carboxylic acids is 1. The van der Waals surface area contributed by atoms with E-state index in [9.17, 15) is 9.90 Å². The van der Waals surface area contributed by atoms with Crippen molar-refractivity contribution in [3.8, 4) is 17.2 Å². The van der Waals surface area contributed by atoms with E-state index in [0.717, 1.165) is 24.8 Å². The van der Waals surface area contributed by atoms with E-state index in [1.54, 1.807) is 27.4 Å². The summed E-state index contributed by atoms with van der Waals surface area (Å²) in [7, 11) is 4.80. The Morgan fingerprint density at radius 1 is 1.08 bits per heavy atom. The first-order chi connectivity index (χ1) is 12.1. The summed E-state index contributed by atoms with van der Waals surface area (Å²) in [5, 5.41) is 9.70. The molecule has 0 amide bonds. The van der Waals surface area contributed by atoms with E-state index < -0.39 is 12.0 Å². The standard InChI is InChI=1S/C19H27NO5/c1-23-16-10-18(25-3)17(24-2)9-13(16)11-20-14-7-5-4-6-12(14)8-15(20)19(21)22/h9-10,12,14-15H,4-8,11H2,1-3H3,(H,21,22). The van der Waals surface area contributed by atoms with Gasteiger partial charge in [0.05, 0.1) is 21.3 Å². The van der Waals surface area contributed by atoms with Crippen LogP contribution in [0.4, 0.5) is 0 Å². The number of carboxylic acid groups (broad SMARTS) is 1. The molecule has 2 aliphatic rings. The Balaban J connectivity index is 1.92. The lowest BCUT2D eigenvalue weighted by atomic mass is 9.84. The smallest absolute Gasteiger partial charge is 0.320 e. The SMILES string of the molecule is COc1cc(OC)c(OC)cc1CN1C(C(=O)O)CC2CCCCC21. The maximum absolute atomic E-state index is 11.8. The first-order valence-corrected chi connectivity index (χ1v) is 8.86. The van der Waals surface area contributed by atoms with Gasteiger partial charge in [-0.05, 0) is 31.2 Å². The van der Waals surface area contributed by atoms with E-state index in [-0.39, 0.29) is 0 Å². The van der Waals surface area contributed by atoms with Gasteiger partial charge in [0.15, 0.2) is 11.5 Å². The monoisotopic (exact) mass is 349 g/mol. The molecule has 3 unspecified atom stereocenters. The molecular formula is C19H27NO5. The van der Waals surface area contributed by atoms with E-state index >= 15 is 0 Å². The average molecular weight is 349 g/mol. The molecule has 0 radical (unpaired) electrons. The predicted molar refractivity (Wildman–Crippen MR) is 93.4 cm³/mol. The molecule has 25 heavy (non-hydrogen) atoms. The second-order valence-electron chi connectivity index (χ2n) is 6.89. The van der Waals surface area contributed by atoms with Crippen LogP contribution in [-0.2, 0) is 11.3 Å². The first-order valence-electron chi connectivity index (χ1n) is 8.86. The molecule has 6 heteroatoms. The van der Waals surface area contributed by atoms with Crippen LogP contribution in [0.15, 0.2) is 12.1 Å². The molecule has 1 N–H and O–H groups in total. The highest BCUT2D eigenvalue weighted by Crippen LogP contribution is 2.42. The Labute approximate surface area is 148 Å². The van der Waals surface area contributed by atoms with Crippen LogP contribution in [-0.4, -0.2) is 49.4 Å². The third-order valence-electron chi connectivity index (χ3n) is 5.65. The van der Waals surface area contributed by atoms with Crippen LogP contribution < -0.4 is 14.2 Å². The van der Waals surface area contributed by atoms with Crippen LogP contribution >= 0.6 is 0 Å². The number of hydrogen-bond donors (Lipinski definition) is 1. The fourth-order valence-electron chi connectivity index (χ4n) is 4.44. The van der Waals surface area contributed by atoms with Crippen LogP contribution in [0.1, 0.15) is 37.7 Å². The molecule has 0 aromatic heterocycles. The molecule has 2 fully saturated rings. The summed E-state index contributed by atoms with van der Waals surface area (Å²) in [5.74, 6) is 1.69. The summed E-state index contributed by atoms with van der Waals surface area (Å²) in [4.78, 5) is 14.0. The Kier molecular flexibility index (Phi) is 5.37. The third-order valence-corrected chi connectivity index (χ3v) is 5.65. The summed E-state index contributed by atoms with van der Waals surface area (Å²) in [6, 6.07) is 3.61. The summed E-state index contributed by atoms with van der Waals surface area (Å²) in [6.45, 7) is 0.543. The van der Waals surface area contributed by atoms with Gasteiger partial charge in [0.2, 0.25) is 0 Å². The lowest BCUT2D eigenvalue weighted by Crippen LogP contribution is -2.41. The molecule has 1 saturated carbocycles. The number of benzene rings is 1. The minimum atomic E-state index is -0.728. The normalized spacial score (nSPS) is 26.1.